The van der Waals surface area contributed by atoms with Gasteiger partial charge in [-0.1, -0.05) is 40.4 Å². The van der Waals surface area contributed by atoms with E-state index in [1.54, 1.807) is 12.3 Å². The van der Waals surface area contributed by atoms with Gasteiger partial charge in [0, 0.05) is 42.6 Å². The molecule has 36 heavy (non-hydrogen) atoms. The van der Waals surface area contributed by atoms with Crippen LogP contribution in [0.1, 0.15) is 43.5 Å². The minimum Gasteiger partial charge on any atom is -0.617 e. The predicted molar refractivity (Wildman–Crippen MR) is 149 cm³/mol. The first kappa shape index (κ1) is 26.0. The summed E-state index contributed by atoms with van der Waals surface area (Å²) in [5.41, 5.74) is 3.42. The van der Waals surface area contributed by atoms with Gasteiger partial charge in [-0.05, 0) is 62.8 Å². The molecule has 0 spiro atoms. The summed E-state index contributed by atoms with van der Waals surface area (Å²) in [6.45, 7) is 9.47. The number of fused-ring (bicyclic) bond motifs is 1. The quantitative estimate of drug-likeness (QED) is 0.370. The van der Waals surface area contributed by atoms with Crippen LogP contribution in [-0.2, 0) is 11.2 Å². The normalized spacial score (nSPS) is 21.1. The van der Waals surface area contributed by atoms with Crippen molar-refractivity contribution in [2.24, 2.45) is 11.8 Å². The van der Waals surface area contributed by atoms with Gasteiger partial charge in [0.2, 0.25) is 0 Å². The lowest BCUT2D eigenvalue weighted by Gasteiger charge is -2.47. The smallest absolute Gasteiger partial charge is 0.179 e. The Kier molecular flexibility index (Phi) is 7.98. The van der Waals surface area contributed by atoms with Crippen molar-refractivity contribution in [2.45, 2.75) is 39.2 Å². The zero-order chi connectivity index (χ0) is 25.4. The molecule has 0 aliphatic carbocycles. The molecule has 3 aromatic rings. The highest BCUT2D eigenvalue weighted by Gasteiger charge is 2.36. The van der Waals surface area contributed by atoms with E-state index < -0.39 is 11.2 Å². The lowest BCUT2D eigenvalue weighted by molar-refractivity contribution is 0.120. The van der Waals surface area contributed by atoms with Crippen molar-refractivity contribution < 1.29 is 4.55 Å². The van der Waals surface area contributed by atoms with Gasteiger partial charge in [-0.2, -0.15) is 5.10 Å². The molecule has 2 saturated heterocycles. The van der Waals surface area contributed by atoms with E-state index >= 15 is 0 Å². The SMILES string of the molecule is Cc1nn(C(C)c2ccc(Cl)cc2Cl)c2nc(N3CC(C4CCCN(CCC[S+](C)[O-])C4)C3)cnc12. The third-order valence-electron chi connectivity index (χ3n) is 7.69. The van der Waals surface area contributed by atoms with Crippen LogP contribution in [0.3, 0.4) is 0 Å². The van der Waals surface area contributed by atoms with Crippen LogP contribution in [-0.4, -0.2) is 73.9 Å². The molecule has 0 saturated carbocycles. The number of halogens is 2. The molecule has 2 aromatic heterocycles. The molecule has 2 aliphatic rings. The first-order valence-electron chi connectivity index (χ1n) is 12.7. The van der Waals surface area contributed by atoms with Crippen LogP contribution < -0.4 is 4.90 Å². The number of benzene rings is 1. The van der Waals surface area contributed by atoms with Gasteiger partial charge in [0.15, 0.2) is 5.65 Å². The van der Waals surface area contributed by atoms with Crippen LogP contribution in [0.5, 0.6) is 0 Å². The lowest BCUT2D eigenvalue weighted by atomic mass is 9.80. The van der Waals surface area contributed by atoms with Gasteiger partial charge in [0.1, 0.15) is 17.1 Å². The van der Waals surface area contributed by atoms with Crippen molar-refractivity contribution in [3.05, 3.63) is 45.7 Å². The Hall–Kier alpha value is -1.58. The fourth-order valence-electron chi connectivity index (χ4n) is 5.60. The van der Waals surface area contributed by atoms with E-state index in [0.29, 0.717) is 16.0 Å². The second-order valence-corrected chi connectivity index (χ2v) is 12.7. The summed E-state index contributed by atoms with van der Waals surface area (Å²) in [6, 6.07) is 5.47. The number of aryl methyl sites for hydroxylation is 1. The summed E-state index contributed by atoms with van der Waals surface area (Å²) < 4.78 is 13.3. The highest BCUT2D eigenvalue weighted by molar-refractivity contribution is 7.90. The van der Waals surface area contributed by atoms with Gasteiger partial charge in [0.25, 0.3) is 0 Å². The highest BCUT2D eigenvalue weighted by Crippen LogP contribution is 2.35. The second-order valence-electron chi connectivity index (χ2n) is 10.3. The molecule has 2 aliphatic heterocycles. The summed E-state index contributed by atoms with van der Waals surface area (Å²) in [4.78, 5) is 14.7. The molecule has 4 heterocycles. The average Bonchev–Trinajstić information content (AvgIpc) is 3.14. The molecule has 0 amide bonds. The molecule has 3 atom stereocenters. The first-order valence-corrected chi connectivity index (χ1v) is 15.2. The molecule has 5 rings (SSSR count). The number of anilines is 1. The second kappa shape index (κ2) is 11.0. The molecule has 194 valence electrons. The van der Waals surface area contributed by atoms with Gasteiger partial charge in [-0.3, -0.25) is 0 Å². The van der Waals surface area contributed by atoms with Crippen LogP contribution in [0.2, 0.25) is 10.0 Å². The third-order valence-corrected chi connectivity index (χ3v) is 9.11. The van der Waals surface area contributed by atoms with Crippen LogP contribution in [0, 0.1) is 18.8 Å². The van der Waals surface area contributed by atoms with Crippen molar-refractivity contribution in [1.82, 2.24) is 24.6 Å². The zero-order valence-electron chi connectivity index (χ0n) is 21.2. The maximum absolute atomic E-state index is 11.4. The molecular formula is C26H34Cl2N6OS. The Morgan fingerprint density at radius 1 is 1.19 bits per heavy atom. The zero-order valence-corrected chi connectivity index (χ0v) is 23.5. The van der Waals surface area contributed by atoms with E-state index in [1.165, 1.54) is 19.4 Å². The number of aromatic nitrogens is 4. The molecule has 1 aromatic carbocycles. The van der Waals surface area contributed by atoms with Crippen molar-refractivity contribution in [3.8, 4) is 0 Å². The fourth-order valence-corrected chi connectivity index (χ4v) is 6.71. The number of hydrogen-bond donors (Lipinski definition) is 0. The van der Waals surface area contributed by atoms with Gasteiger partial charge in [0.05, 0.1) is 24.2 Å². The van der Waals surface area contributed by atoms with E-state index in [9.17, 15) is 4.55 Å². The topological polar surface area (TPSA) is 73.1 Å². The summed E-state index contributed by atoms with van der Waals surface area (Å²) in [6.07, 6.45) is 7.25. The van der Waals surface area contributed by atoms with E-state index in [1.807, 2.05) is 29.9 Å². The summed E-state index contributed by atoms with van der Waals surface area (Å²) in [7, 11) is 0. The van der Waals surface area contributed by atoms with Gasteiger partial charge in [-0.25, -0.2) is 14.6 Å². The van der Waals surface area contributed by atoms with Crippen molar-refractivity contribution in [1.29, 1.82) is 0 Å². The van der Waals surface area contributed by atoms with E-state index in [2.05, 4.69) is 16.7 Å². The average molecular weight is 550 g/mol. The van der Waals surface area contributed by atoms with Crippen LogP contribution in [0.25, 0.3) is 11.2 Å². The Bertz CT molecular complexity index is 1210. The Morgan fingerprint density at radius 2 is 2.00 bits per heavy atom. The monoisotopic (exact) mass is 548 g/mol. The van der Waals surface area contributed by atoms with Crippen LogP contribution in [0.15, 0.2) is 24.4 Å². The van der Waals surface area contributed by atoms with Crippen LogP contribution >= 0.6 is 23.2 Å². The number of nitrogens with zero attached hydrogens (tertiary/aromatic N) is 6. The Labute approximate surface area is 226 Å². The van der Waals surface area contributed by atoms with Crippen molar-refractivity contribution in [3.63, 3.8) is 0 Å². The summed E-state index contributed by atoms with van der Waals surface area (Å²) in [5, 5.41) is 6.00. The molecule has 3 unspecified atom stereocenters. The minimum absolute atomic E-state index is 0.0991. The number of rotatable bonds is 8. The Balaban J connectivity index is 1.27. The van der Waals surface area contributed by atoms with E-state index in [0.717, 1.165) is 72.5 Å². The molecule has 0 bridgehead atoms. The maximum atomic E-state index is 11.4. The van der Waals surface area contributed by atoms with Gasteiger partial charge < -0.3 is 14.4 Å². The van der Waals surface area contributed by atoms with E-state index in [4.69, 9.17) is 38.3 Å². The van der Waals surface area contributed by atoms with Crippen LogP contribution in [0.4, 0.5) is 5.82 Å². The van der Waals surface area contributed by atoms with Crippen molar-refractivity contribution in [2.75, 3.05) is 49.6 Å². The highest BCUT2D eigenvalue weighted by atomic mass is 35.5. The number of piperidine rings is 1. The molecular weight excluding hydrogens is 515 g/mol. The van der Waals surface area contributed by atoms with Gasteiger partial charge in [-0.15, -0.1) is 0 Å². The molecule has 0 radical (unpaired) electrons. The molecule has 7 nitrogen and oxygen atoms in total. The summed E-state index contributed by atoms with van der Waals surface area (Å²) in [5.74, 6) is 3.12. The first-order chi connectivity index (χ1) is 17.3. The third kappa shape index (κ3) is 5.48. The number of likely N-dealkylation sites (tertiary alicyclic amines) is 1. The maximum Gasteiger partial charge on any atom is 0.179 e. The predicted octanol–water partition coefficient (Wildman–Crippen LogP) is 4.97. The largest absolute Gasteiger partial charge is 0.617 e. The van der Waals surface area contributed by atoms with Crippen molar-refractivity contribution >= 4 is 51.4 Å². The van der Waals surface area contributed by atoms with Gasteiger partial charge >= 0.3 is 0 Å². The lowest BCUT2D eigenvalue weighted by Crippen LogP contribution is -2.54. The number of hydrogen-bond acceptors (Lipinski definition) is 6. The minimum atomic E-state index is -0.695. The molecule has 2 fully saturated rings. The van der Waals surface area contributed by atoms with E-state index in [-0.39, 0.29) is 6.04 Å². The summed E-state index contributed by atoms with van der Waals surface area (Å²) >= 11 is 11.9. The molecule has 0 N–H and O–H groups in total. The standard InChI is InChI=1S/C26H34Cl2N6OS/c1-17-25-26(34(31-17)18(2)22-8-7-21(27)12-23(22)28)30-24(13-29-25)33-15-20(16-33)19-6-4-9-32(14-19)10-5-11-36(3)35/h7-8,12-13,18-20H,4-6,9-11,14-16H2,1-3H3. The molecule has 10 heteroatoms. The Morgan fingerprint density at radius 3 is 2.75 bits per heavy atom. The fraction of sp³-hybridized carbons (Fsp3) is 0.577.